The Morgan fingerprint density at radius 2 is 1.80 bits per heavy atom. The number of aliphatic carboxylic acids is 1. The summed E-state index contributed by atoms with van der Waals surface area (Å²) in [5.41, 5.74) is 1.25. The monoisotopic (exact) mass is 361 g/mol. The number of sulfonamides is 1. The first-order valence-corrected chi connectivity index (χ1v) is 9.42. The number of furan rings is 1. The average molecular weight is 361 g/mol. The zero-order valence-corrected chi connectivity index (χ0v) is 14.7. The van der Waals surface area contributed by atoms with Crippen LogP contribution >= 0.6 is 0 Å². The van der Waals surface area contributed by atoms with Crippen molar-refractivity contribution in [3.8, 4) is 0 Å². The molecule has 25 heavy (non-hydrogen) atoms. The Balaban J connectivity index is 2.01. The summed E-state index contributed by atoms with van der Waals surface area (Å²) in [6.07, 6.45) is 0.214. The van der Waals surface area contributed by atoms with Crippen molar-refractivity contribution in [2.45, 2.75) is 31.2 Å². The van der Waals surface area contributed by atoms with Gasteiger partial charge in [0.2, 0.25) is 10.0 Å². The lowest BCUT2D eigenvalue weighted by Gasteiger charge is -2.16. The van der Waals surface area contributed by atoms with Crippen LogP contribution in [-0.4, -0.2) is 25.5 Å². The lowest BCUT2D eigenvalue weighted by molar-refractivity contribution is -0.139. The molecule has 3 rings (SSSR count). The van der Waals surface area contributed by atoms with Crippen molar-refractivity contribution in [2.24, 2.45) is 5.92 Å². The van der Waals surface area contributed by atoms with Crippen LogP contribution in [0.5, 0.6) is 0 Å². The Labute approximate surface area is 145 Å². The second kappa shape index (κ2) is 6.50. The number of carbonyl (C=O) groups is 1. The molecular weight excluding hydrogens is 342 g/mol. The summed E-state index contributed by atoms with van der Waals surface area (Å²) in [6, 6.07) is 10.7. The van der Waals surface area contributed by atoms with Crippen LogP contribution in [0, 0.1) is 5.92 Å². The van der Waals surface area contributed by atoms with Crippen LogP contribution in [0.4, 0.5) is 0 Å². The standard InChI is InChI=1S/C18H19NO5S/c1-11(2)9-15(18(20)21)19-25(22,23)12-7-8-17-14(10-12)13-5-3-4-6-16(13)24-17/h3-8,10-11,15,19H,9H2,1-2H3,(H,20,21). The third-order valence-corrected chi connectivity index (χ3v) is 5.43. The fraction of sp³-hybridized carbons (Fsp3) is 0.278. The summed E-state index contributed by atoms with van der Waals surface area (Å²) in [5.74, 6) is -1.14. The number of hydrogen-bond acceptors (Lipinski definition) is 4. The van der Waals surface area contributed by atoms with E-state index in [1.165, 1.54) is 12.1 Å². The van der Waals surface area contributed by atoms with Crippen LogP contribution in [-0.2, 0) is 14.8 Å². The van der Waals surface area contributed by atoms with Gasteiger partial charge in [-0.3, -0.25) is 4.79 Å². The highest BCUT2D eigenvalue weighted by Gasteiger charge is 2.26. The van der Waals surface area contributed by atoms with Gasteiger partial charge >= 0.3 is 5.97 Å². The molecule has 2 N–H and O–H groups in total. The minimum Gasteiger partial charge on any atom is -0.480 e. The molecule has 1 atom stereocenters. The van der Waals surface area contributed by atoms with Crippen molar-refractivity contribution in [3.05, 3.63) is 42.5 Å². The molecule has 0 spiro atoms. The van der Waals surface area contributed by atoms with Gasteiger partial charge in [0.05, 0.1) is 4.90 Å². The zero-order chi connectivity index (χ0) is 18.2. The molecule has 6 nitrogen and oxygen atoms in total. The van der Waals surface area contributed by atoms with Gasteiger partial charge in [0.1, 0.15) is 17.2 Å². The molecule has 1 aromatic heterocycles. The van der Waals surface area contributed by atoms with E-state index in [1.807, 2.05) is 38.1 Å². The Morgan fingerprint density at radius 3 is 2.48 bits per heavy atom. The van der Waals surface area contributed by atoms with Gasteiger partial charge in [-0.25, -0.2) is 8.42 Å². The zero-order valence-electron chi connectivity index (χ0n) is 13.9. The first-order valence-electron chi connectivity index (χ1n) is 7.94. The summed E-state index contributed by atoms with van der Waals surface area (Å²) in [6.45, 7) is 3.68. The Kier molecular flexibility index (Phi) is 4.53. The molecular formula is C18H19NO5S. The van der Waals surface area contributed by atoms with E-state index in [0.29, 0.717) is 16.6 Å². The van der Waals surface area contributed by atoms with E-state index in [4.69, 9.17) is 4.42 Å². The van der Waals surface area contributed by atoms with E-state index in [0.717, 1.165) is 5.39 Å². The van der Waals surface area contributed by atoms with Crippen molar-refractivity contribution in [3.63, 3.8) is 0 Å². The predicted molar refractivity (Wildman–Crippen MR) is 94.9 cm³/mol. The molecule has 3 aromatic rings. The van der Waals surface area contributed by atoms with Crippen LogP contribution in [0.15, 0.2) is 51.8 Å². The number of para-hydroxylation sites is 1. The second-order valence-corrected chi connectivity index (χ2v) is 8.11. The number of benzene rings is 2. The van der Waals surface area contributed by atoms with Crippen LogP contribution in [0.3, 0.4) is 0 Å². The van der Waals surface area contributed by atoms with Gasteiger partial charge in [-0.1, -0.05) is 32.0 Å². The number of rotatable bonds is 6. The van der Waals surface area contributed by atoms with E-state index in [9.17, 15) is 18.3 Å². The Hall–Kier alpha value is -2.38. The van der Waals surface area contributed by atoms with Gasteiger partial charge in [0.15, 0.2) is 0 Å². The molecule has 0 saturated heterocycles. The average Bonchev–Trinajstić information content (AvgIpc) is 2.91. The maximum absolute atomic E-state index is 12.6. The molecule has 0 aliphatic heterocycles. The fourth-order valence-electron chi connectivity index (χ4n) is 2.80. The molecule has 132 valence electrons. The Morgan fingerprint density at radius 1 is 1.12 bits per heavy atom. The number of hydrogen-bond donors (Lipinski definition) is 2. The second-order valence-electron chi connectivity index (χ2n) is 6.40. The van der Waals surface area contributed by atoms with Gasteiger partial charge in [-0.2, -0.15) is 4.72 Å². The smallest absolute Gasteiger partial charge is 0.321 e. The van der Waals surface area contributed by atoms with Gasteiger partial charge in [0.25, 0.3) is 0 Å². The van der Waals surface area contributed by atoms with E-state index in [2.05, 4.69) is 4.72 Å². The summed E-state index contributed by atoms with van der Waals surface area (Å²) in [7, 11) is -3.96. The van der Waals surface area contributed by atoms with Gasteiger partial charge in [-0.05, 0) is 36.6 Å². The molecule has 1 heterocycles. The van der Waals surface area contributed by atoms with Crippen LogP contribution in [0.25, 0.3) is 21.9 Å². The molecule has 0 aliphatic carbocycles. The van der Waals surface area contributed by atoms with Crippen LogP contribution < -0.4 is 4.72 Å². The van der Waals surface area contributed by atoms with Crippen LogP contribution in [0.1, 0.15) is 20.3 Å². The highest BCUT2D eigenvalue weighted by atomic mass is 32.2. The van der Waals surface area contributed by atoms with Crippen molar-refractivity contribution in [2.75, 3.05) is 0 Å². The summed E-state index contributed by atoms with van der Waals surface area (Å²) in [5, 5.41) is 10.8. The molecule has 0 aliphatic rings. The topological polar surface area (TPSA) is 96.6 Å². The quantitative estimate of drug-likeness (QED) is 0.702. The first-order chi connectivity index (χ1) is 11.8. The van der Waals surface area contributed by atoms with Crippen molar-refractivity contribution in [1.29, 1.82) is 0 Å². The largest absolute Gasteiger partial charge is 0.480 e. The highest BCUT2D eigenvalue weighted by molar-refractivity contribution is 7.89. The molecule has 0 radical (unpaired) electrons. The SMILES string of the molecule is CC(C)CC(NS(=O)(=O)c1ccc2oc3ccccc3c2c1)C(=O)O. The highest BCUT2D eigenvalue weighted by Crippen LogP contribution is 2.30. The lowest BCUT2D eigenvalue weighted by atomic mass is 10.1. The molecule has 0 amide bonds. The maximum atomic E-state index is 12.6. The van der Waals surface area contributed by atoms with E-state index in [1.54, 1.807) is 6.07 Å². The van der Waals surface area contributed by atoms with Gasteiger partial charge in [-0.15, -0.1) is 0 Å². The molecule has 1 unspecified atom stereocenters. The molecule has 0 saturated carbocycles. The number of carboxylic acid groups (broad SMARTS) is 1. The van der Waals surface area contributed by atoms with Gasteiger partial charge in [0, 0.05) is 10.8 Å². The van der Waals surface area contributed by atoms with E-state index in [-0.39, 0.29) is 17.2 Å². The third-order valence-electron chi connectivity index (χ3n) is 3.96. The number of fused-ring (bicyclic) bond motifs is 3. The van der Waals surface area contributed by atoms with Gasteiger partial charge < -0.3 is 9.52 Å². The van der Waals surface area contributed by atoms with Crippen molar-refractivity contribution in [1.82, 2.24) is 4.72 Å². The number of carboxylic acids is 1. The molecule has 2 aromatic carbocycles. The van der Waals surface area contributed by atoms with E-state index < -0.39 is 22.0 Å². The fourth-order valence-corrected chi connectivity index (χ4v) is 4.03. The Bertz CT molecular complexity index is 1040. The van der Waals surface area contributed by atoms with Crippen molar-refractivity contribution < 1.29 is 22.7 Å². The molecule has 0 bridgehead atoms. The maximum Gasteiger partial charge on any atom is 0.321 e. The van der Waals surface area contributed by atoms with E-state index >= 15 is 0 Å². The first kappa shape index (κ1) is 17.4. The lowest BCUT2D eigenvalue weighted by Crippen LogP contribution is -2.41. The third kappa shape index (κ3) is 3.52. The normalized spacial score (nSPS) is 13.6. The minimum absolute atomic E-state index is 0.0153. The predicted octanol–water partition coefficient (Wildman–Crippen LogP) is 3.36. The summed E-state index contributed by atoms with van der Waals surface area (Å²) in [4.78, 5) is 11.4. The van der Waals surface area contributed by atoms with Crippen LogP contribution in [0.2, 0.25) is 0 Å². The molecule has 7 heteroatoms. The summed E-state index contributed by atoms with van der Waals surface area (Å²) >= 11 is 0. The molecule has 0 fully saturated rings. The minimum atomic E-state index is -3.96. The summed E-state index contributed by atoms with van der Waals surface area (Å²) < 4.78 is 33.2. The number of nitrogens with one attached hydrogen (secondary N) is 1. The van der Waals surface area contributed by atoms with Crippen molar-refractivity contribution >= 4 is 37.9 Å².